The maximum absolute atomic E-state index is 12.3. The van der Waals surface area contributed by atoms with E-state index in [1.807, 2.05) is 24.0 Å². The summed E-state index contributed by atoms with van der Waals surface area (Å²) >= 11 is 17.2. The third-order valence-electron chi connectivity index (χ3n) is 3.19. The zero-order chi connectivity index (χ0) is 16.8. The Morgan fingerprint density at radius 2 is 1.96 bits per heavy atom. The summed E-state index contributed by atoms with van der Waals surface area (Å²) < 4.78 is 0. The molecule has 0 aliphatic carbocycles. The molecule has 1 aromatic carbocycles. The van der Waals surface area contributed by atoms with Crippen molar-refractivity contribution in [2.75, 3.05) is 6.54 Å². The molecule has 0 unspecified atom stereocenters. The minimum absolute atomic E-state index is 0.287. The summed E-state index contributed by atoms with van der Waals surface area (Å²) in [6, 6.07) is 8.52. The summed E-state index contributed by atoms with van der Waals surface area (Å²) in [4.78, 5) is 18.2. The molecule has 0 bridgehead atoms. The molecule has 1 heterocycles. The number of carbonyl (C=O) groups excluding carboxylic acids is 1. The smallest absolute Gasteiger partial charge is 0.258 e. The van der Waals surface area contributed by atoms with E-state index in [4.69, 9.17) is 35.4 Å². The highest BCUT2D eigenvalue weighted by atomic mass is 35.5. The maximum Gasteiger partial charge on any atom is 0.258 e. The van der Waals surface area contributed by atoms with Crippen molar-refractivity contribution in [1.82, 2.24) is 15.2 Å². The molecule has 2 aromatic rings. The molecule has 2 rings (SSSR count). The zero-order valence-electron chi connectivity index (χ0n) is 12.4. The number of hydrogen-bond acceptors (Lipinski definition) is 3. The van der Waals surface area contributed by atoms with Gasteiger partial charge in [-0.25, -0.2) is 0 Å². The predicted octanol–water partition coefficient (Wildman–Crippen LogP) is 3.93. The van der Waals surface area contributed by atoms with E-state index >= 15 is 0 Å². The summed E-state index contributed by atoms with van der Waals surface area (Å²) in [5.41, 5.74) is 1.39. The van der Waals surface area contributed by atoms with E-state index in [1.165, 1.54) is 6.07 Å². The third kappa shape index (κ3) is 4.89. The number of carbonyl (C=O) groups is 1. The van der Waals surface area contributed by atoms with E-state index in [9.17, 15) is 4.79 Å². The average molecular weight is 368 g/mol. The van der Waals surface area contributed by atoms with E-state index in [0.717, 1.165) is 5.56 Å². The average Bonchev–Trinajstić information content (AvgIpc) is 2.53. The third-order valence-corrected chi connectivity index (χ3v) is 4.10. The number of amides is 1. The van der Waals surface area contributed by atoms with Gasteiger partial charge in [0.05, 0.1) is 10.6 Å². The van der Waals surface area contributed by atoms with Crippen LogP contribution in [0.5, 0.6) is 0 Å². The number of pyridine rings is 1. The fourth-order valence-electron chi connectivity index (χ4n) is 1.95. The minimum atomic E-state index is -0.357. The summed E-state index contributed by atoms with van der Waals surface area (Å²) in [6.07, 6.45) is 3.44. The molecular weight excluding hydrogens is 353 g/mol. The van der Waals surface area contributed by atoms with Crippen LogP contribution in [0.2, 0.25) is 10.0 Å². The molecule has 0 fully saturated rings. The second-order valence-corrected chi connectivity index (χ2v) is 5.98. The Morgan fingerprint density at radius 1 is 1.26 bits per heavy atom. The van der Waals surface area contributed by atoms with Crippen molar-refractivity contribution in [2.45, 2.75) is 13.5 Å². The van der Waals surface area contributed by atoms with Gasteiger partial charge in [-0.2, -0.15) is 0 Å². The van der Waals surface area contributed by atoms with Gasteiger partial charge in [0.15, 0.2) is 5.11 Å². The van der Waals surface area contributed by atoms with Crippen LogP contribution in [0.15, 0.2) is 42.7 Å². The molecule has 0 radical (unpaired) electrons. The van der Waals surface area contributed by atoms with Gasteiger partial charge in [0.1, 0.15) is 0 Å². The van der Waals surface area contributed by atoms with E-state index in [-0.39, 0.29) is 10.9 Å². The molecule has 0 aliphatic rings. The van der Waals surface area contributed by atoms with E-state index < -0.39 is 0 Å². The Kier molecular flexibility index (Phi) is 6.33. The second kappa shape index (κ2) is 8.24. The Balaban J connectivity index is 2.05. The van der Waals surface area contributed by atoms with Gasteiger partial charge in [-0.15, -0.1) is 0 Å². The van der Waals surface area contributed by atoms with E-state index in [1.54, 1.807) is 24.5 Å². The molecule has 0 spiro atoms. The van der Waals surface area contributed by atoms with E-state index in [0.29, 0.717) is 28.8 Å². The number of nitrogens with zero attached hydrogens (tertiary/aromatic N) is 2. The van der Waals surface area contributed by atoms with Gasteiger partial charge >= 0.3 is 0 Å². The fourth-order valence-corrected chi connectivity index (χ4v) is 2.73. The van der Waals surface area contributed by atoms with Crippen LogP contribution in [0.1, 0.15) is 22.8 Å². The Morgan fingerprint density at radius 3 is 2.57 bits per heavy atom. The highest BCUT2D eigenvalue weighted by Gasteiger charge is 2.15. The molecule has 23 heavy (non-hydrogen) atoms. The van der Waals surface area contributed by atoms with Crippen LogP contribution >= 0.6 is 35.4 Å². The lowest BCUT2D eigenvalue weighted by atomic mass is 10.2. The predicted molar refractivity (Wildman–Crippen MR) is 96.8 cm³/mol. The lowest BCUT2D eigenvalue weighted by molar-refractivity contribution is 0.0973. The quantitative estimate of drug-likeness (QED) is 0.831. The number of thiocarbonyl (C=S) groups is 1. The molecule has 0 aliphatic heterocycles. The molecule has 0 atom stereocenters. The van der Waals surface area contributed by atoms with Crippen molar-refractivity contribution in [3.8, 4) is 0 Å². The van der Waals surface area contributed by atoms with Crippen molar-refractivity contribution in [3.05, 3.63) is 63.9 Å². The van der Waals surface area contributed by atoms with Crippen LogP contribution in [0.4, 0.5) is 0 Å². The first kappa shape index (κ1) is 17.7. The van der Waals surface area contributed by atoms with Crippen molar-refractivity contribution in [2.24, 2.45) is 0 Å². The van der Waals surface area contributed by atoms with Gasteiger partial charge in [0.2, 0.25) is 0 Å². The first-order valence-electron chi connectivity index (χ1n) is 6.95. The van der Waals surface area contributed by atoms with Gasteiger partial charge in [-0.1, -0.05) is 23.2 Å². The Bertz CT molecular complexity index is 710. The van der Waals surface area contributed by atoms with Crippen LogP contribution < -0.4 is 5.32 Å². The molecule has 4 nitrogen and oxygen atoms in total. The molecule has 0 saturated carbocycles. The topological polar surface area (TPSA) is 45.2 Å². The van der Waals surface area contributed by atoms with Gasteiger partial charge in [-0.05, 0) is 55.0 Å². The molecular formula is C16H15Cl2N3OS. The van der Waals surface area contributed by atoms with Gasteiger partial charge in [-0.3, -0.25) is 15.1 Å². The monoisotopic (exact) mass is 367 g/mol. The lowest BCUT2D eigenvalue weighted by Gasteiger charge is -2.24. The Hall–Kier alpha value is -1.69. The van der Waals surface area contributed by atoms with Gasteiger partial charge < -0.3 is 4.90 Å². The summed E-state index contributed by atoms with van der Waals surface area (Å²) in [6.45, 7) is 3.22. The minimum Gasteiger partial charge on any atom is -0.345 e. The zero-order valence-corrected chi connectivity index (χ0v) is 14.8. The number of hydrogen-bond donors (Lipinski definition) is 1. The number of aromatic nitrogens is 1. The lowest BCUT2D eigenvalue weighted by Crippen LogP contribution is -2.42. The number of benzene rings is 1. The SMILES string of the molecule is CCN(Cc1ccncc1)C(=S)NC(=O)c1ccc(Cl)cc1Cl. The van der Waals surface area contributed by atoms with E-state index in [2.05, 4.69) is 10.3 Å². The fraction of sp³-hybridized carbons (Fsp3) is 0.188. The molecule has 0 saturated heterocycles. The standard InChI is InChI=1S/C16H15Cl2N3OS/c1-2-21(10-11-5-7-19-8-6-11)16(23)20-15(22)13-4-3-12(17)9-14(13)18/h3-9H,2,10H2,1H3,(H,20,22,23). The highest BCUT2D eigenvalue weighted by molar-refractivity contribution is 7.80. The van der Waals surface area contributed by atoms with Crippen molar-refractivity contribution >= 4 is 46.4 Å². The van der Waals surface area contributed by atoms with Gasteiger partial charge in [0.25, 0.3) is 5.91 Å². The van der Waals surface area contributed by atoms with Crippen LogP contribution in [0.3, 0.4) is 0 Å². The second-order valence-electron chi connectivity index (χ2n) is 4.75. The van der Waals surface area contributed by atoms with Crippen LogP contribution in [0, 0.1) is 0 Å². The largest absolute Gasteiger partial charge is 0.345 e. The van der Waals surface area contributed by atoms with Crippen LogP contribution in [-0.4, -0.2) is 27.4 Å². The van der Waals surface area contributed by atoms with Gasteiger partial charge in [0, 0.05) is 30.5 Å². The van der Waals surface area contributed by atoms with Crippen molar-refractivity contribution in [3.63, 3.8) is 0 Å². The summed E-state index contributed by atoms with van der Waals surface area (Å²) in [7, 11) is 0. The highest BCUT2D eigenvalue weighted by Crippen LogP contribution is 2.20. The van der Waals surface area contributed by atoms with Crippen LogP contribution in [-0.2, 0) is 6.54 Å². The summed E-state index contributed by atoms with van der Waals surface area (Å²) in [5, 5.41) is 3.81. The number of halogens is 2. The molecule has 7 heteroatoms. The number of nitrogens with one attached hydrogen (secondary N) is 1. The summed E-state index contributed by atoms with van der Waals surface area (Å²) in [5.74, 6) is -0.357. The first-order chi connectivity index (χ1) is 11.0. The van der Waals surface area contributed by atoms with Crippen LogP contribution in [0.25, 0.3) is 0 Å². The van der Waals surface area contributed by atoms with Crippen molar-refractivity contribution < 1.29 is 4.79 Å². The normalized spacial score (nSPS) is 10.2. The van der Waals surface area contributed by atoms with Crippen molar-refractivity contribution in [1.29, 1.82) is 0 Å². The first-order valence-corrected chi connectivity index (χ1v) is 8.12. The number of rotatable bonds is 4. The molecule has 1 amide bonds. The Labute approximate surface area is 150 Å². The molecule has 120 valence electrons. The molecule has 1 aromatic heterocycles. The maximum atomic E-state index is 12.3. The molecule has 1 N–H and O–H groups in total.